The van der Waals surface area contributed by atoms with Crippen molar-refractivity contribution in [2.24, 2.45) is 11.7 Å². The van der Waals surface area contributed by atoms with Gasteiger partial charge in [0.25, 0.3) is 0 Å². The molecule has 0 saturated carbocycles. The lowest BCUT2D eigenvalue weighted by molar-refractivity contribution is -0.123. The molecule has 2 aromatic carbocycles. The second-order valence-corrected chi connectivity index (χ2v) is 7.40. The maximum Gasteiger partial charge on any atom is 0.221 e. The molecule has 0 aliphatic carbocycles. The molecule has 0 aromatic heterocycles. The Labute approximate surface area is 160 Å². The molecule has 3 N–H and O–H groups in total. The minimum atomic E-state index is -0.174. The molecule has 1 aliphatic rings. The number of amides is 1. The highest BCUT2D eigenvalue weighted by molar-refractivity contribution is 6.31. The summed E-state index contributed by atoms with van der Waals surface area (Å²) in [6.45, 7) is 4.20. The van der Waals surface area contributed by atoms with Crippen LogP contribution in [0.2, 0.25) is 5.02 Å². The van der Waals surface area contributed by atoms with Gasteiger partial charge in [-0.2, -0.15) is 0 Å². The highest BCUT2D eigenvalue weighted by Crippen LogP contribution is 2.19. The van der Waals surface area contributed by atoms with Crippen LogP contribution in [0.25, 0.3) is 0 Å². The maximum atomic E-state index is 11.4. The molecule has 3 rings (SSSR count). The molecule has 0 unspecified atom stereocenters. The first-order valence-corrected chi connectivity index (χ1v) is 9.53. The number of nitrogens with zero attached hydrogens (tertiary/aromatic N) is 1. The third kappa shape index (κ3) is 5.31. The van der Waals surface area contributed by atoms with Gasteiger partial charge in [0.05, 0.1) is 5.92 Å². The first-order chi connectivity index (χ1) is 12.6. The van der Waals surface area contributed by atoms with Crippen molar-refractivity contribution in [2.45, 2.75) is 32.5 Å². The van der Waals surface area contributed by atoms with Crippen LogP contribution in [0, 0.1) is 5.92 Å². The summed E-state index contributed by atoms with van der Waals surface area (Å²) in [6, 6.07) is 16.5. The number of primary amides is 1. The van der Waals surface area contributed by atoms with Crippen LogP contribution in [0.3, 0.4) is 0 Å². The van der Waals surface area contributed by atoms with Gasteiger partial charge in [-0.25, -0.2) is 0 Å². The Morgan fingerprint density at radius 3 is 2.77 bits per heavy atom. The minimum absolute atomic E-state index is 0.00998. The van der Waals surface area contributed by atoms with E-state index in [0.717, 1.165) is 56.2 Å². The van der Waals surface area contributed by atoms with Crippen LogP contribution in [-0.2, 0) is 24.4 Å². The van der Waals surface area contributed by atoms with Crippen molar-refractivity contribution in [1.82, 2.24) is 10.2 Å². The number of likely N-dealkylation sites (tertiary alicyclic amines) is 1. The lowest BCUT2D eigenvalue weighted by Crippen LogP contribution is -2.40. The van der Waals surface area contributed by atoms with Crippen molar-refractivity contribution in [3.63, 3.8) is 0 Å². The molecule has 0 radical (unpaired) electrons. The van der Waals surface area contributed by atoms with E-state index in [9.17, 15) is 4.79 Å². The van der Waals surface area contributed by atoms with Gasteiger partial charge in [0.2, 0.25) is 5.91 Å². The SMILES string of the molecule is NC(=O)[C@@H]1CCCN(Cc2cccc(CNCc3ccccc3Cl)c2)C1. The van der Waals surface area contributed by atoms with Crippen molar-refractivity contribution in [3.8, 4) is 0 Å². The lowest BCUT2D eigenvalue weighted by atomic mass is 9.97. The van der Waals surface area contributed by atoms with Crippen LogP contribution >= 0.6 is 11.6 Å². The Hall–Kier alpha value is -1.88. The summed E-state index contributed by atoms with van der Waals surface area (Å²) in [4.78, 5) is 13.8. The largest absolute Gasteiger partial charge is 0.369 e. The van der Waals surface area contributed by atoms with E-state index in [4.69, 9.17) is 17.3 Å². The molecular weight excluding hydrogens is 346 g/mol. The second-order valence-electron chi connectivity index (χ2n) is 6.99. The minimum Gasteiger partial charge on any atom is -0.369 e. The van der Waals surface area contributed by atoms with Crippen molar-refractivity contribution in [1.29, 1.82) is 0 Å². The molecule has 1 aliphatic heterocycles. The number of nitrogens with two attached hydrogens (primary N) is 1. The number of carbonyl (C=O) groups is 1. The first kappa shape index (κ1) is 18.9. The fourth-order valence-corrected chi connectivity index (χ4v) is 3.71. The van der Waals surface area contributed by atoms with E-state index in [1.807, 2.05) is 24.3 Å². The van der Waals surface area contributed by atoms with Gasteiger partial charge in [-0.15, -0.1) is 0 Å². The predicted molar refractivity (Wildman–Crippen MR) is 106 cm³/mol. The Balaban J connectivity index is 1.53. The number of piperidine rings is 1. The van der Waals surface area contributed by atoms with E-state index in [-0.39, 0.29) is 11.8 Å². The topological polar surface area (TPSA) is 58.4 Å². The van der Waals surface area contributed by atoms with Crippen LogP contribution in [0.15, 0.2) is 48.5 Å². The molecule has 1 heterocycles. The molecule has 5 heteroatoms. The van der Waals surface area contributed by atoms with Gasteiger partial charge < -0.3 is 11.1 Å². The molecule has 4 nitrogen and oxygen atoms in total. The number of hydrogen-bond acceptors (Lipinski definition) is 3. The molecule has 1 fully saturated rings. The van der Waals surface area contributed by atoms with E-state index in [2.05, 4.69) is 34.5 Å². The maximum absolute atomic E-state index is 11.4. The Bertz CT molecular complexity index is 750. The Morgan fingerprint density at radius 2 is 1.96 bits per heavy atom. The predicted octanol–water partition coefficient (Wildman–Crippen LogP) is 3.33. The highest BCUT2D eigenvalue weighted by Gasteiger charge is 2.23. The summed E-state index contributed by atoms with van der Waals surface area (Å²) in [5.41, 5.74) is 9.10. The van der Waals surface area contributed by atoms with Gasteiger partial charge in [-0.1, -0.05) is 54.1 Å². The summed E-state index contributed by atoms with van der Waals surface area (Å²) in [7, 11) is 0. The third-order valence-electron chi connectivity index (χ3n) is 4.91. The van der Waals surface area contributed by atoms with Crippen LogP contribution < -0.4 is 11.1 Å². The fraction of sp³-hybridized carbons (Fsp3) is 0.381. The molecule has 1 atom stereocenters. The average Bonchev–Trinajstić information content (AvgIpc) is 2.64. The van der Waals surface area contributed by atoms with Crippen LogP contribution in [0.5, 0.6) is 0 Å². The summed E-state index contributed by atoms with van der Waals surface area (Å²) < 4.78 is 0. The van der Waals surface area contributed by atoms with Crippen molar-refractivity contribution in [3.05, 3.63) is 70.2 Å². The van der Waals surface area contributed by atoms with Gasteiger partial charge in [0.15, 0.2) is 0 Å². The summed E-state index contributed by atoms with van der Waals surface area (Å²) in [5.74, 6) is -0.184. The Morgan fingerprint density at radius 1 is 1.15 bits per heavy atom. The van der Waals surface area contributed by atoms with Crippen molar-refractivity contribution >= 4 is 17.5 Å². The van der Waals surface area contributed by atoms with Crippen molar-refractivity contribution < 1.29 is 4.79 Å². The van der Waals surface area contributed by atoms with Crippen LogP contribution in [0.1, 0.15) is 29.5 Å². The number of benzene rings is 2. The molecule has 2 aromatic rings. The number of halogens is 1. The van der Waals surface area contributed by atoms with E-state index in [1.165, 1.54) is 11.1 Å². The monoisotopic (exact) mass is 371 g/mol. The smallest absolute Gasteiger partial charge is 0.221 e. The number of rotatable bonds is 7. The quantitative estimate of drug-likeness (QED) is 0.784. The zero-order valence-corrected chi connectivity index (χ0v) is 15.7. The molecule has 0 spiro atoms. The van der Waals surface area contributed by atoms with Gasteiger partial charge in [-0.3, -0.25) is 9.69 Å². The third-order valence-corrected chi connectivity index (χ3v) is 5.28. The van der Waals surface area contributed by atoms with Crippen LogP contribution in [-0.4, -0.2) is 23.9 Å². The van der Waals surface area contributed by atoms with Gasteiger partial charge in [0, 0.05) is 31.2 Å². The summed E-state index contributed by atoms with van der Waals surface area (Å²) in [6.07, 6.45) is 1.95. The molecule has 1 saturated heterocycles. The standard InChI is InChI=1S/C21H26ClN3O/c22-20-9-2-1-7-18(20)13-24-12-16-5-3-6-17(11-16)14-25-10-4-8-19(15-25)21(23)26/h1-3,5-7,9,11,19,24H,4,8,10,12-15H2,(H2,23,26)/t19-/m1/s1. The van der Waals surface area contributed by atoms with Gasteiger partial charge in [0.1, 0.15) is 0 Å². The lowest BCUT2D eigenvalue weighted by Gasteiger charge is -2.31. The fourth-order valence-electron chi connectivity index (χ4n) is 3.51. The van der Waals surface area contributed by atoms with Crippen LogP contribution in [0.4, 0.5) is 0 Å². The number of nitrogens with one attached hydrogen (secondary N) is 1. The first-order valence-electron chi connectivity index (χ1n) is 9.15. The number of carbonyl (C=O) groups excluding carboxylic acids is 1. The Kier molecular flexibility index (Phi) is 6.67. The second kappa shape index (κ2) is 9.17. The molecule has 0 bridgehead atoms. The van der Waals surface area contributed by atoms with E-state index in [0.29, 0.717) is 0 Å². The summed E-state index contributed by atoms with van der Waals surface area (Å²) in [5, 5.41) is 4.25. The molecule has 1 amide bonds. The zero-order valence-electron chi connectivity index (χ0n) is 15.0. The summed E-state index contributed by atoms with van der Waals surface area (Å²) >= 11 is 6.20. The molecule has 26 heavy (non-hydrogen) atoms. The van der Waals surface area contributed by atoms with Gasteiger partial charge >= 0.3 is 0 Å². The van der Waals surface area contributed by atoms with E-state index < -0.39 is 0 Å². The molecular formula is C21H26ClN3O. The molecule has 138 valence electrons. The van der Waals surface area contributed by atoms with E-state index in [1.54, 1.807) is 0 Å². The van der Waals surface area contributed by atoms with Gasteiger partial charge in [-0.05, 0) is 42.1 Å². The van der Waals surface area contributed by atoms with E-state index >= 15 is 0 Å². The normalized spacial score (nSPS) is 18.0. The van der Waals surface area contributed by atoms with Crippen molar-refractivity contribution in [2.75, 3.05) is 13.1 Å². The number of hydrogen-bond donors (Lipinski definition) is 2. The zero-order chi connectivity index (χ0) is 18.4. The average molecular weight is 372 g/mol. The highest BCUT2D eigenvalue weighted by atomic mass is 35.5.